The Morgan fingerprint density at radius 1 is 0.367 bits per heavy atom. The van der Waals surface area contributed by atoms with Crippen molar-refractivity contribution in [2.75, 3.05) is 28.4 Å². The highest BCUT2D eigenvalue weighted by atomic mass is 28.4. The molecule has 0 atom stereocenters. The van der Waals surface area contributed by atoms with E-state index in [2.05, 4.69) is 13.2 Å². The van der Waals surface area contributed by atoms with E-state index in [9.17, 15) is 9.59 Å². The van der Waals surface area contributed by atoms with Gasteiger partial charge >= 0.3 is 17.6 Å². The van der Waals surface area contributed by atoms with Gasteiger partial charge in [0.25, 0.3) is 0 Å². The standard InChI is InChI=1S/C21H44O3Si.C19H40O3Si.CH4/c1-5-6-7-8-9-10-11-12-13-14-15-16-17-18-19-20-21-25(22-2,23-3)24-4;1-3-4-5-6-7-8-9-10-11-12-13-14-15-16-17-18-19-23(20,21)22-2;/h5H,1,6-21H2,2-4H3;3,20-21H,1,4-19H2,2H3;1H4. The van der Waals surface area contributed by atoms with Crippen molar-refractivity contribution < 1.29 is 27.3 Å². The van der Waals surface area contributed by atoms with E-state index in [0.717, 1.165) is 25.3 Å². The molecule has 0 bridgehead atoms. The number of rotatable bonds is 38. The molecular weight excluding hydrogens is 645 g/mol. The largest absolute Gasteiger partial charge is 0.500 e. The van der Waals surface area contributed by atoms with Gasteiger partial charge in [-0.1, -0.05) is 174 Å². The van der Waals surface area contributed by atoms with Crippen LogP contribution in [-0.2, 0) is 17.7 Å². The third kappa shape index (κ3) is 40.3. The van der Waals surface area contributed by atoms with E-state index in [0.29, 0.717) is 6.04 Å². The molecule has 0 unspecified atom stereocenters. The summed E-state index contributed by atoms with van der Waals surface area (Å²) >= 11 is 0. The average Bonchev–Trinajstić information content (AvgIpc) is 3.10. The first kappa shape index (κ1) is 53.0. The lowest BCUT2D eigenvalue weighted by atomic mass is 10.0. The van der Waals surface area contributed by atoms with E-state index in [4.69, 9.17) is 17.7 Å². The van der Waals surface area contributed by atoms with Gasteiger partial charge in [0, 0.05) is 40.5 Å². The molecule has 0 heterocycles. The van der Waals surface area contributed by atoms with Gasteiger partial charge in [-0.25, -0.2) is 0 Å². The van der Waals surface area contributed by atoms with Gasteiger partial charge in [-0.15, -0.1) is 13.2 Å². The van der Waals surface area contributed by atoms with Gasteiger partial charge in [-0.2, -0.15) is 0 Å². The van der Waals surface area contributed by atoms with Crippen LogP contribution in [-0.4, -0.2) is 55.6 Å². The van der Waals surface area contributed by atoms with E-state index in [1.54, 1.807) is 21.3 Å². The Balaban J connectivity index is -0.000000849. The quantitative estimate of drug-likeness (QED) is 0.0374. The minimum absolute atomic E-state index is 0. The van der Waals surface area contributed by atoms with Crippen LogP contribution in [0.2, 0.25) is 12.1 Å². The van der Waals surface area contributed by atoms with Gasteiger partial charge in [0.1, 0.15) is 0 Å². The van der Waals surface area contributed by atoms with Crippen LogP contribution >= 0.6 is 0 Å². The molecule has 0 aromatic heterocycles. The van der Waals surface area contributed by atoms with Crippen molar-refractivity contribution in [3.8, 4) is 0 Å². The highest BCUT2D eigenvalue weighted by Crippen LogP contribution is 2.19. The van der Waals surface area contributed by atoms with Crippen molar-refractivity contribution in [1.29, 1.82) is 0 Å². The maximum Gasteiger partial charge on any atom is 0.500 e. The fourth-order valence-electron chi connectivity index (χ4n) is 6.18. The molecule has 0 aliphatic heterocycles. The van der Waals surface area contributed by atoms with E-state index < -0.39 is 17.6 Å². The fourth-order valence-corrected chi connectivity index (χ4v) is 8.89. The Kier molecular flexibility index (Phi) is 45.6. The van der Waals surface area contributed by atoms with E-state index in [1.807, 2.05) is 12.2 Å². The molecule has 0 rings (SSSR count). The van der Waals surface area contributed by atoms with Crippen molar-refractivity contribution >= 4 is 17.6 Å². The van der Waals surface area contributed by atoms with Gasteiger partial charge in [0.05, 0.1) is 0 Å². The third-order valence-electron chi connectivity index (χ3n) is 9.56. The Labute approximate surface area is 310 Å². The number of allylic oxidation sites excluding steroid dienone is 2. The van der Waals surface area contributed by atoms with Crippen molar-refractivity contribution in [3.63, 3.8) is 0 Å². The predicted octanol–water partition coefficient (Wildman–Crippen LogP) is 13.1. The summed E-state index contributed by atoms with van der Waals surface area (Å²) < 4.78 is 21.1. The Morgan fingerprint density at radius 2 is 0.592 bits per heavy atom. The van der Waals surface area contributed by atoms with E-state index in [1.165, 1.54) is 180 Å². The lowest BCUT2D eigenvalue weighted by molar-refractivity contribution is 0.122. The van der Waals surface area contributed by atoms with Crippen molar-refractivity contribution in [2.24, 2.45) is 0 Å². The molecule has 0 aromatic rings. The van der Waals surface area contributed by atoms with Crippen LogP contribution < -0.4 is 0 Å². The summed E-state index contributed by atoms with van der Waals surface area (Å²) in [6.07, 6.45) is 43.8. The van der Waals surface area contributed by atoms with Crippen LogP contribution in [0.15, 0.2) is 25.3 Å². The second-order valence-corrected chi connectivity index (χ2v) is 19.3. The second-order valence-electron chi connectivity index (χ2n) is 13.8. The number of hydrogen-bond acceptors (Lipinski definition) is 6. The molecule has 8 heteroatoms. The van der Waals surface area contributed by atoms with E-state index in [-0.39, 0.29) is 7.43 Å². The number of unbranched alkanes of at least 4 members (excludes halogenated alkanes) is 28. The van der Waals surface area contributed by atoms with Crippen LogP contribution in [0.3, 0.4) is 0 Å². The molecule has 0 radical (unpaired) electrons. The Bertz CT molecular complexity index is 637. The van der Waals surface area contributed by atoms with Crippen LogP contribution in [0.5, 0.6) is 0 Å². The molecule has 2 N–H and O–H groups in total. The second kappa shape index (κ2) is 42.1. The molecule has 0 aliphatic rings. The van der Waals surface area contributed by atoms with Gasteiger partial charge < -0.3 is 27.3 Å². The normalized spacial score (nSPS) is 11.6. The van der Waals surface area contributed by atoms with Crippen LogP contribution in [0, 0.1) is 0 Å². The van der Waals surface area contributed by atoms with Crippen LogP contribution in [0.4, 0.5) is 0 Å². The summed E-state index contributed by atoms with van der Waals surface area (Å²) in [7, 11) is 0.856. The summed E-state index contributed by atoms with van der Waals surface area (Å²) in [5.41, 5.74) is 0. The summed E-state index contributed by atoms with van der Waals surface area (Å²) in [6.45, 7) is 7.52. The monoisotopic (exact) mass is 733 g/mol. The molecule has 0 saturated carbocycles. The van der Waals surface area contributed by atoms with Gasteiger partial charge in [-0.3, -0.25) is 0 Å². The Morgan fingerprint density at radius 3 is 0.816 bits per heavy atom. The summed E-state index contributed by atoms with van der Waals surface area (Å²) in [5, 5.41) is 0. The lowest BCUT2D eigenvalue weighted by Gasteiger charge is -2.24. The van der Waals surface area contributed by atoms with E-state index >= 15 is 0 Å². The Hall–Kier alpha value is -0.326. The zero-order valence-corrected chi connectivity index (χ0v) is 34.7. The smallest absolute Gasteiger partial charge is 0.390 e. The lowest BCUT2D eigenvalue weighted by Crippen LogP contribution is -2.42. The minimum atomic E-state index is -3.29. The van der Waals surface area contributed by atoms with Gasteiger partial charge in [0.15, 0.2) is 0 Å². The van der Waals surface area contributed by atoms with Gasteiger partial charge in [0.2, 0.25) is 0 Å². The molecule has 49 heavy (non-hydrogen) atoms. The molecule has 0 aromatic carbocycles. The topological polar surface area (TPSA) is 77.4 Å². The zero-order chi connectivity index (χ0) is 35.9. The average molecular weight is 733 g/mol. The van der Waals surface area contributed by atoms with Crippen LogP contribution in [0.1, 0.15) is 200 Å². The third-order valence-corrected chi connectivity index (χ3v) is 14.1. The SMILES string of the molecule is C.C=CCCCCCCCCCCCCCCCC[Si](O)(O)OC.C=CCCCCCCCCCCCCCCCC[Si](OC)(OC)OC. The first-order valence-electron chi connectivity index (χ1n) is 20.2. The highest BCUT2D eigenvalue weighted by Gasteiger charge is 2.36. The van der Waals surface area contributed by atoms with Crippen LogP contribution in [0.25, 0.3) is 0 Å². The molecule has 6 nitrogen and oxygen atoms in total. The van der Waals surface area contributed by atoms with Crippen molar-refractivity contribution in [2.45, 2.75) is 212 Å². The maximum atomic E-state index is 9.41. The molecule has 0 amide bonds. The molecule has 296 valence electrons. The summed E-state index contributed by atoms with van der Waals surface area (Å²) in [6, 6.07) is 1.38. The minimum Gasteiger partial charge on any atom is -0.390 e. The first-order valence-corrected chi connectivity index (χ1v) is 24.2. The molecular formula is C41H88O6Si2. The fraction of sp³-hybridized carbons (Fsp3) is 0.902. The molecule has 0 fully saturated rings. The summed E-state index contributed by atoms with van der Waals surface area (Å²) in [4.78, 5) is 18.8. The molecule has 0 spiro atoms. The first-order chi connectivity index (χ1) is 23.4. The molecule has 0 aliphatic carbocycles. The maximum absolute atomic E-state index is 9.41. The van der Waals surface area contributed by atoms with Crippen molar-refractivity contribution in [3.05, 3.63) is 25.3 Å². The predicted molar refractivity (Wildman–Crippen MR) is 219 cm³/mol. The number of hydrogen-bond donors (Lipinski definition) is 2. The van der Waals surface area contributed by atoms with Gasteiger partial charge in [-0.05, 0) is 38.5 Å². The summed E-state index contributed by atoms with van der Waals surface area (Å²) in [5.74, 6) is 0. The molecule has 0 saturated heterocycles. The highest BCUT2D eigenvalue weighted by molar-refractivity contribution is 6.60. The van der Waals surface area contributed by atoms with Crippen molar-refractivity contribution in [1.82, 2.24) is 0 Å². The zero-order valence-electron chi connectivity index (χ0n) is 32.7.